The van der Waals surface area contributed by atoms with Crippen LogP contribution in [0.4, 0.5) is 0 Å². The molecule has 0 N–H and O–H groups in total. The monoisotopic (exact) mass is 220 g/mol. The Labute approximate surface area is 75.2 Å². The summed E-state index contributed by atoms with van der Waals surface area (Å²) in [5.74, 6) is 0. The number of hydrogen-bond donors (Lipinski definition) is 0. The molecule has 0 nitrogen and oxygen atoms in total. The molecule has 0 aliphatic carbocycles. The van der Waals surface area contributed by atoms with Gasteiger partial charge in [-0.05, 0) is 0 Å². The van der Waals surface area contributed by atoms with Crippen molar-refractivity contribution in [2.75, 3.05) is 0 Å². The molecule has 0 saturated carbocycles. The normalized spacial score (nSPS) is 13.5. The Morgan fingerprint density at radius 1 is 0.727 bits per heavy atom. The molecule has 1 heteroatoms. The molecular formula is C10H25As. The van der Waals surface area contributed by atoms with Crippen LogP contribution >= 0.6 is 0 Å². The van der Waals surface area contributed by atoms with E-state index < -0.39 is 13.6 Å². The van der Waals surface area contributed by atoms with E-state index in [-0.39, 0.29) is 0 Å². The quantitative estimate of drug-likeness (QED) is 0.593. The van der Waals surface area contributed by atoms with Crippen LogP contribution in [0, 0.1) is 0 Å². The van der Waals surface area contributed by atoms with E-state index in [1.807, 2.05) is 0 Å². The van der Waals surface area contributed by atoms with E-state index in [2.05, 4.69) is 26.5 Å². The van der Waals surface area contributed by atoms with Gasteiger partial charge >= 0.3 is 74.9 Å². The summed E-state index contributed by atoms with van der Waals surface area (Å²) in [5.41, 5.74) is 2.64. The molecule has 0 amide bonds. The Morgan fingerprint density at radius 2 is 1.00 bits per heavy atom. The molecule has 0 aromatic rings. The van der Waals surface area contributed by atoms with Crippen LogP contribution in [-0.2, 0) is 0 Å². The van der Waals surface area contributed by atoms with Gasteiger partial charge in [0.05, 0.1) is 0 Å². The van der Waals surface area contributed by atoms with Gasteiger partial charge in [0.15, 0.2) is 0 Å². The van der Waals surface area contributed by atoms with Gasteiger partial charge in [-0.1, -0.05) is 0 Å². The molecule has 0 bridgehead atoms. The van der Waals surface area contributed by atoms with Crippen molar-refractivity contribution in [2.24, 2.45) is 0 Å². The third-order valence-corrected chi connectivity index (χ3v) is 13.3. The summed E-state index contributed by atoms with van der Waals surface area (Å²) in [6.45, 7) is 7.03. The van der Waals surface area contributed by atoms with Gasteiger partial charge in [0.25, 0.3) is 0 Å². The molecule has 0 aromatic heterocycles. The van der Waals surface area contributed by atoms with Crippen LogP contribution in [0.3, 0.4) is 0 Å². The van der Waals surface area contributed by atoms with Crippen molar-refractivity contribution >= 4 is 13.6 Å². The molecule has 11 heavy (non-hydrogen) atoms. The summed E-state index contributed by atoms with van der Waals surface area (Å²) in [5, 5.41) is 4.80. The summed E-state index contributed by atoms with van der Waals surface area (Å²) in [6, 6.07) is 0. The Hall–Kier alpha value is 0.558. The molecule has 0 radical (unpaired) electrons. The summed E-state index contributed by atoms with van der Waals surface area (Å²) >= 11 is -1.24. The molecule has 0 atom stereocenters. The second kappa shape index (κ2) is 6.12. The van der Waals surface area contributed by atoms with Crippen LogP contribution in [-0.4, -0.2) is 13.6 Å². The first-order valence-electron chi connectivity index (χ1n) is 5.18. The van der Waals surface area contributed by atoms with Gasteiger partial charge in [-0.2, -0.15) is 0 Å². The van der Waals surface area contributed by atoms with E-state index in [0.29, 0.717) is 0 Å². The van der Waals surface area contributed by atoms with Crippen LogP contribution in [0.5, 0.6) is 0 Å². The molecule has 0 saturated heterocycles. The predicted molar refractivity (Wildman–Crippen MR) is 58.3 cm³/mol. The zero-order valence-corrected chi connectivity index (χ0v) is 10.8. The van der Waals surface area contributed by atoms with Crippen LogP contribution in [0.2, 0.25) is 21.3 Å². The predicted octanol–water partition coefficient (Wildman–Crippen LogP) is 4.03. The van der Waals surface area contributed by atoms with Crippen molar-refractivity contribution in [1.82, 2.24) is 0 Å². The summed E-state index contributed by atoms with van der Waals surface area (Å²) in [4.78, 5) is 0. The van der Waals surface area contributed by atoms with E-state index in [1.54, 1.807) is 15.6 Å². The van der Waals surface area contributed by atoms with Gasteiger partial charge in [0, 0.05) is 0 Å². The first kappa shape index (κ1) is 11.6. The first-order chi connectivity index (χ1) is 5.18. The number of rotatable bonds is 6. The zero-order chi connectivity index (χ0) is 8.74. The van der Waals surface area contributed by atoms with Crippen LogP contribution in [0.1, 0.15) is 40.0 Å². The fourth-order valence-electron chi connectivity index (χ4n) is 2.19. The molecule has 0 aliphatic rings. The van der Waals surface area contributed by atoms with Crippen molar-refractivity contribution in [1.29, 1.82) is 0 Å². The SMILES string of the molecule is CCC[AsH](C)(CCC)CCC. The third-order valence-electron chi connectivity index (χ3n) is 2.56. The first-order valence-corrected chi connectivity index (χ1v) is 11.7. The molecule has 0 spiro atoms. The van der Waals surface area contributed by atoms with Crippen molar-refractivity contribution < 1.29 is 0 Å². The second-order valence-electron chi connectivity index (χ2n) is 4.06. The average molecular weight is 220 g/mol. The summed E-state index contributed by atoms with van der Waals surface area (Å²) in [6.07, 6.45) is 4.28. The fraction of sp³-hybridized carbons (Fsp3) is 1.00. The second-order valence-corrected chi connectivity index (χ2v) is 14.8. The van der Waals surface area contributed by atoms with Crippen LogP contribution in [0.15, 0.2) is 0 Å². The zero-order valence-electron chi connectivity index (χ0n) is 8.74. The molecule has 0 fully saturated rings. The summed E-state index contributed by atoms with van der Waals surface area (Å²) < 4.78 is 0. The minimum absolute atomic E-state index is 1.24. The molecule has 0 aromatic carbocycles. The van der Waals surface area contributed by atoms with E-state index in [1.165, 1.54) is 19.3 Å². The Balaban J connectivity index is 3.79. The molecular weight excluding hydrogens is 195 g/mol. The van der Waals surface area contributed by atoms with Gasteiger partial charge in [-0.25, -0.2) is 0 Å². The van der Waals surface area contributed by atoms with E-state index in [9.17, 15) is 0 Å². The van der Waals surface area contributed by atoms with Crippen molar-refractivity contribution in [3.8, 4) is 0 Å². The Kier molecular flexibility index (Phi) is 6.43. The van der Waals surface area contributed by atoms with Gasteiger partial charge in [-0.15, -0.1) is 0 Å². The van der Waals surface area contributed by atoms with Gasteiger partial charge in [-0.3, -0.25) is 0 Å². The fourth-order valence-corrected chi connectivity index (χ4v) is 11.4. The van der Waals surface area contributed by atoms with Crippen molar-refractivity contribution in [3.05, 3.63) is 0 Å². The molecule has 0 unspecified atom stereocenters. The maximum atomic E-state index is 2.64. The van der Waals surface area contributed by atoms with E-state index >= 15 is 0 Å². The molecule has 70 valence electrons. The standard InChI is InChI=1S/C10H25As/c1-5-8-11(4,9-6-2)10-7-3/h11H,5-10H2,1-4H3. The van der Waals surface area contributed by atoms with Crippen LogP contribution in [0.25, 0.3) is 0 Å². The van der Waals surface area contributed by atoms with Gasteiger partial charge in [0.2, 0.25) is 0 Å². The molecule has 0 rings (SSSR count). The Bertz CT molecular complexity index is 71.9. The maximum absolute atomic E-state index is 2.64. The molecule has 0 aliphatic heterocycles. The Morgan fingerprint density at radius 3 is 1.18 bits per heavy atom. The number of hydrogen-bond acceptors (Lipinski definition) is 0. The van der Waals surface area contributed by atoms with Crippen molar-refractivity contribution in [3.63, 3.8) is 0 Å². The molecule has 0 heterocycles. The van der Waals surface area contributed by atoms with Gasteiger partial charge in [0.1, 0.15) is 0 Å². The summed E-state index contributed by atoms with van der Waals surface area (Å²) in [7, 11) is 0. The van der Waals surface area contributed by atoms with Crippen LogP contribution < -0.4 is 0 Å². The topological polar surface area (TPSA) is 0 Å². The van der Waals surface area contributed by atoms with E-state index in [0.717, 1.165) is 0 Å². The van der Waals surface area contributed by atoms with E-state index in [4.69, 9.17) is 0 Å². The van der Waals surface area contributed by atoms with Crippen molar-refractivity contribution in [2.45, 2.75) is 61.4 Å². The van der Waals surface area contributed by atoms with Gasteiger partial charge < -0.3 is 0 Å². The third kappa shape index (κ3) is 4.90. The minimum atomic E-state index is -1.24. The average Bonchev–Trinajstić information content (AvgIpc) is 1.88.